The molecule has 1 aromatic rings. The number of guanidine groups is 1. The van der Waals surface area contributed by atoms with E-state index < -0.39 is 0 Å². The lowest BCUT2D eigenvalue weighted by molar-refractivity contribution is -0.130. The minimum atomic E-state index is -0.181. The molecule has 1 rings (SSSR count). The average Bonchev–Trinajstić information content (AvgIpc) is 2.67. The minimum absolute atomic E-state index is 0. The molecule has 0 aliphatic heterocycles. The third kappa shape index (κ3) is 9.91. The van der Waals surface area contributed by atoms with Crippen LogP contribution in [0.4, 0.5) is 5.69 Å². The van der Waals surface area contributed by atoms with Gasteiger partial charge in [0.1, 0.15) is 6.54 Å². The Labute approximate surface area is 185 Å². The molecular weight excluding hydrogens is 469 g/mol. The summed E-state index contributed by atoms with van der Waals surface area (Å²) in [5.74, 6) is 0.457. The first-order valence-corrected chi connectivity index (χ1v) is 9.72. The van der Waals surface area contributed by atoms with Gasteiger partial charge in [0.2, 0.25) is 11.8 Å². The van der Waals surface area contributed by atoms with E-state index in [-0.39, 0.29) is 42.3 Å². The molecule has 0 aliphatic rings. The van der Waals surface area contributed by atoms with E-state index in [1.807, 2.05) is 45.0 Å². The van der Waals surface area contributed by atoms with Crippen LogP contribution in [0, 0.1) is 0 Å². The summed E-state index contributed by atoms with van der Waals surface area (Å²) in [5, 5.41) is 9.04. The third-order valence-corrected chi connectivity index (χ3v) is 4.09. The van der Waals surface area contributed by atoms with Gasteiger partial charge in [-0.3, -0.25) is 9.59 Å². The first kappa shape index (κ1) is 26.2. The summed E-state index contributed by atoms with van der Waals surface area (Å²) in [7, 11) is 0. The van der Waals surface area contributed by atoms with Crippen LogP contribution >= 0.6 is 24.0 Å². The maximum atomic E-state index is 12.1. The topological polar surface area (TPSA) is 85.8 Å². The van der Waals surface area contributed by atoms with Gasteiger partial charge in [-0.15, -0.1) is 24.0 Å². The molecule has 2 amide bonds. The fourth-order valence-electron chi connectivity index (χ4n) is 2.58. The van der Waals surface area contributed by atoms with Crippen molar-refractivity contribution in [3.05, 3.63) is 29.8 Å². The molecule has 158 valence electrons. The number of halogens is 1. The molecule has 0 radical (unpaired) electrons. The normalized spacial score (nSPS) is 10.6. The molecular formula is C20H34IN5O2. The van der Waals surface area contributed by atoms with Crippen molar-refractivity contribution in [2.45, 2.75) is 40.5 Å². The van der Waals surface area contributed by atoms with Crippen LogP contribution in [-0.4, -0.2) is 55.4 Å². The summed E-state index contributed by atoms with van der Waals surface area (Å²) in [6.45, 7) is 10.5. The molecule has 8 heteroatoms. The van der Waals surface area contributed by atoms with Gasteiger partial charge in [-0.25, -0.2) is 4.99 Å². The second kappa shape index (κ2) is 15.1. The van der Waals surface area contributed by atoms with E-state index in [0.29, 0.717) is 38.6 Å². The molecule has 28 heavy (non-hydrogen) atoms. The Hall–Kier alpha value is -1.84. The average molecular weight is 503 g/mol. The van der Waals surface area contributed by atoms with Crippen LogP contribution in [0.15, 0.2) is 29.3 Å². The zero-order chi connectivity index (χ0) is 20.1. The van der Waals surface area contributed by atoms with Crippen LogP contribution in [0.5, 0.6) is 0 Å². The molecule has 0 bridgehead atoms. The summed E-state index contributed by atoms with van der Waals surface area (Å²) < 4.78 is 0. The second-order valence-corrected chi connectivity index (χ2v) is 6.04. The first-order valence-electron chi connectivity index (χ1n) is 9.72. The van der Waals surface area contributed by atoms with Crippen LogP contribution in [0.2, 0.25) is 0 Å². The molecule has 1 aromatic carbocycles. The van der Waals surface area contributed by atoms with Crippen molar-refractivity contribution < 1.29 is 9.59 Å². The van der Waals surface area contributed by atoms with Gasteiger partial charge in [-0.05, 0) is 44.9 Å². The maximum absolute atomic E-state index is 12.1. The molecule has 0 aromatic heterocycles. The van der Waals surface area contributed by atoms with Gasteiger partial charge in [0, 0.05) is 38.3 Å². The molecule has 0 atom stereocenters. The van der Waals surface area contributed by atoms with Crippen LogP contribution in [-0.2, 0) is 16.0 Å². The van der Waals surface area contributed by atoms with Crippen molar-refractivity contribution in [1.82, 2.24) is 15.5 Å². The Bertz CT molecular complexity index is 633. The third-order valence-electron chi connectivity index (χ3n) is 4.09. The minimum Gasteiger partial charge on any atom is -0.357 e. The van der Waals surface area contributed by atoms with Gasteiger partial charge in [0.05, 0.1) is 0 Å². The standard InChI is InChI=1S/C20H33N5O2.HI/c1-5-16-10-9-11-17(14-16)24-18(26)15-23-20(21-6-2)22-13-12-19(27)25(7-3)8-4;/h9-11,14H,5-8,12-13,15H2,1-4H3,(H,24,26)(H2,21,22,23);1H. The summed E-state index contributed by atoms with van der Waals surface area (Å²) in [4.78, 5) is 30.2. The second-order valence-electron chi connectivity index (χ2n) is 6.04. The molecule has 0 saturated heterocycles. The zero-order valence-corrected chi connectivity index (χ0v) is 19.7. The van der Waals surface area contributed by atoms with Gasteiger partial charge in [-0.2, -0.15) is 0 Å². The highest BCUT2D eigenvalue weighted by Crippen LogP contribution is 2.10. The van der Waals surface area contributed by atoms with Gasteiger partial charge < -0.3 is 20.9 Å². The predicted octanol–water partition coefficient (Wildman–Crippen LogP) is 2.62. The fraction of sp³-hybridized carbons (Fsp3) is 0.550. The number of aliphatic imine (C=N–C) groups is 1. The zero-order valence-electron chi connectivity index (χ0n) is 17.4. The van der Waals surface area contributed by atoms with E-state index in [1.165, 1.54) is 5.56 Å². The smallest absolute Gasteiger partial charge is 0.246 e. The van der Waals surface area contributed by atoms with Crippen molar-refractivity contribution in [3.8, 4) is 0 Å². The van der Waals surface area contributed by atoms with Crippen molar-refractivity contribution in [2.24, 2.45) is 4.99 Å². The van der Waals surface area contributed by atoms with Crippen LogP contribution in [0.3, 0.4) is 0 Å². The number of nitrogens with one attached hydrogen (secondary N) is 3. The lowest BCUT2D eigenvalue weighted by Gasteiger charge is -2.19. The number of anilines is 1. The monoisotopic (exact) mass is 503 g/mol. The lowest BCUT2D eigenvalue weighted by Crippen LogP contribution is -2.40. The van der Waals surface area contributed by atoms with Gasteiger partial charge >= 0.3 is 0 Å². The number of rotatable bonds is 10. The Morgan fingerprint density at radius 3 is 2.39 bits per heavy atom. The predicted molar refractivity (Wildman–Crippen MR) is 126 cm³/mol. The van der Waals surface area contributed by atoms with E-state index in [0.717, 1.165) is 12.1 Å². The van der Waals surface area contributed by atoms with Gasteiger partial charge in [0.25, 0.3) is 0 Å². The van der Waals surface area contributed by atoms with Crippen LogP contribution in [0.25, 0.3) is 0 Å². The number of nitrogens with zero attached hydrogens (tertiary/aromatic N) is 2. The van der Waals surface area contributed by atoms with E-state index >= 15 is 0 Å². The largest absolute Gasteiger partial charge is 0.357 e. The summed E-state index contributed by atoms with van der Waals surface area (Å²) in [6, 6.07) is 7.78. The number of amides is 2. The Balaban J connectivity index is 0.00000729. The summed E-state index contributed by atoms with van der Waals surface area (Å²) >= 11 is 0. The number of hydrogen-bond donors (Lipinski definition) is 3. The van der Waals surface area contributed by atoms with Crippen LogP contribution in [0.1, 0.15) is 39.7 Å². The van der Waals surface area contributed by atoms with Crippen molar-refractivity contribution in [2.75, 3.05) is 38.0 Å². The SMILES string of the molecule is CCNC(=NCC(=O)Nc1cccc(CC)c1)NCCC(=O)N(CC)CC.I. The van der Waals surface area contributed by atoms with Crippen molar-refractivity contribution in [1.29, 1.82) is 0 Å². The highest BCUT2D eigenvalue weighted by atomic mass is 127. The molecule has 7 nitrogen and oxygen atoms in total. The quantitative estimate of drug-likeness (QED) is 0.260. The Morgan fingerprint density at radius 1 is 1.07 bits per heavy atom. The number of aryl methyl sites for hydroxylation is 1. The Kier molecular flexibility index (Phi) is 14.1. The van der Waals surface area contributed by atoms with E-state index in [2.05, 4.69) is 27.9 Å². The van der Waals surface area contributed by atoms with E-state index in [9.17, 15) is 9.59 Å². The van der Waals surface area contributed by atoms with E-state index in [4.69, 9.17) is 0 Å². The first-order chi connectivity index (χ1) is 13.0. The lowest BCUT2D eigenvalue weighted by atomic mass is 10.1. The fourth-order valence-corrected chi connectivity index (χ4v) is 2.58. The molecule has 0 aliphatic carbocycles. The summed E-state index contributed by atoms with van der Waals surface area (Å²) in [5.41, 5.74) is 1.95. The number of carbonyl (C=O) groups is 2. The molecule has 0 fully saturated rings. The number of carbonyl (C=O) groups excluding carboxylic acids is 2. The molecule has 0 saturated carbocycles. The molecule has 0 spiro atoms. The molecule has 3 N–H and O–H groups in total. The van der Waals surface area contributed by atoms with Gasteiger partial charge in [0.15, 0.2) is 5.96 Å². The highest BCUT2D eigenvalue weighted by molar-refractivity contribution is 14.0. The van der Waals surface area contributed by atoms with Gasteiger partial charge in [-0.1, -0.05) is 19.1 Å². The van der Waals surface area contributed by atoms with Crippen LogP contribution < -0.4 is 16.0 Å². The molecule has 0 heterocycles. The van der Waals surface area contributed by atoms with Crippen molar-refractivity contribution in [3.63, 3.8) is 0 Å². The highest BCUT2D eigenvalue weighted by Gasteiger charge is 2.09. The summed E-state index contributed by atoms with van der Waals surface area (Å²) in [6.07, 6.45) is 1.31. The van der Waals surface area contributed by atoms with Crippen molar-refractivity contribution >= 4 is 47.4 Å². The Morgan fingerprint density at radius 2 is 1.79 bits per heavy atom. The number of hydrogen-bond acceptors (Lipinski definition) is 3. The van der Waals surface area contributed by atoms with E-state index in [1.54, 1.807) is 4.90 Å². The maximum Gasteiger partial charge on any atom is 0.246 e. The number of benzene rings is 1. The molecule has 0 unspecified atom stereocenters.